The van der Waals surface area contributed by atoms with Crippen LogP contribution in [0.15, 0.2) is 29.3 Å². The fourth-order valence-corrected chi connectivity index (χ4v) is 2.69. The van der Waals surface area contributed by atoms with Gasteiger partial charge < -0.3 is 20.7 Å². The molecule has 1 rings (SSSR count). The van der Waals surface area contributed by atoms with Crippen molar-refractivity contribution in [2.75, 3.05) is 26.0 Å². The van der Waals surface area contributed by atoms with E-state index in [0.29, 0.717) is 18.2 Å². The first-order chi connectivity index (χ1) is 11.7. The highest BCUT2D eigenvalue weighted by molar-refractivity contribution is 5.92. The fourth-order valence-electron chi connectivity index (χ4n) is 2.69. The normalized spacial score (nSPS) is 14.0. The summed E-state index contributed by atoms with van der Waals surface area (Å²) in [6.45, 7) is 4.86. The number of aliphatic imine (C=N–C) groups is 1. The number of hydrogen-bond acceptors (Lipinski definition) is 3. The third-order valence-electron chi connectivity index (χ3n) is 4.07. The first kappa shape index (κ1) is 21.1. The van der Waals surface area contributed by atoms with E-state index in [1.807, 2.05) is 14.1 Å². The number of rotatable bonds is 8. The summed E-state index contributed by atoms with van der Waals surface area (Å²) in [5, 5.41) is 2.87. The molecule has 0 spiro atoms. The second kappa shape index (κ2) is 9.50. The molecule has 0 aromatic heterocycles. The van der Waals surface area contributed by atoms with Crippen LogP contribution in [0.4, 0.5) is 18.9 Å². The lowest BCUT2D eigenvalue weighted by Crippen LogP contribution is -2.38. The molecule has 0 heterocycles. The highest BCUT2D eigenvalue weighted by Gasteiger charge is 2.30. The summed E-state index contributed by atoms with van der Waals surface area (Å²) in [6, 6.07) is 5.62. The number of guanidine groups is 1. The molecule has 25 heavy (non-hydrogen) atoms. The number of nitrogens with two attached hydrogens (primary N) is 1. The maximum atomic E-state index is 12.1. The lowest BCUT2D eigenvalue weighted by molar-refractivity contribution is -0.274. The van der Waals surface area contributed by atoms with E-state index in [0.717, 1.165) is 12.8 Å². The SMILES string of the molecule is CCC(CC)C(CN=C(N)Nc1ccc(OC(F)(F)F)cc1)N(C)C. The summed E-state index contributed by atoms with van der Waals surface area (Å²) in [7, 11) is 4.03. The molecule has 3 N–H and O–H groups in total. The van der Waals surface area contributed by atoms with E-state index in [-0.39, 0.29) is 17.8 Å². The van der Waals surface area contributed by atoms with Gasteiger partial charge in [0.25, 0.3) is 0 Å². The van der Waals surface area contributed by atoms with Gasteiger partial charge in [0.1, 0.15) is 5.75 Å². The molecule has 0 radical (unpaired) electrons. The van der Waals surface area contributed by atoms with Crippen LogP contribution in [0, 0.1) is 5.92 Å². The standard InChI is InChI=1S/C17H27F3N4O/c1-5-12(6-2)15(24(3)4)11-22-16(21)23-13-7-9-14(10-8-13)25-17(18,19)20/h7-10,12,15H,5-6,11H2,1-4H3,(H3,21,22,23). The van der Waals surface area contributed by atoms with Crippen molar-refractivity contribution < 1.29 is 17.9 Å². The zero-order valence-corrected chi connectivity index (χ0v) is 15.1. The second-order valence-electron chi connectivity index (χ2n) is 6.03. The molecule has 1 unspecified atom stereocenters. The number of ether oxygens (including phenoxy) is 1. The molecular formula is C17H27F3N4O. The molecule has 0 bridgehead atoms. The average molecular weight is 360 g/mol. The monoisotopic (exact) mass is 360 g/mol. The summed E-state index contributed by atoms with van der Waals surface area (Å²) in [6.07, 6.45) is -2.59. The third kappa shape index (κ3) is 7.64. The van der Waals surface area contributed by atoms with Crippen molar-refractivity contribution in [1.29, 1.82) is 0 Å². The molecule has 0 saturated heterocycles. The highest BCUT2D eigenvalue weighted by atomic mass is 19.4. The Morgan fingerprint density at radius 1 is 1.20 bits per heavy atom. The molecule has 5 nitrogen and oxygen atoms in total. The van der Waals surface area contributed by atoms with E-state index in [2.05, 4.69) is 33.8 Å². The summed E-state index contributed by atoms with van der Waals surface area (Å²) < 4.78 is 40.2. The summed E-state index contributed by atoms with van der Waals surface area (Å²) in [4.78, 5) is 6.51. The number of likely N-dealkylation sites (N-methyl/N-ethyl adjacent to an activating group) is 1. The van der Waals surface area contributed by atoms with Gasteiger partial charge >= 0.3 is 6.36 Å². The van der Waals surface area contributed by atoms with Gasteiger partial charge in [0.2, 0.25) is 0 Å². The van der Waals surface area contributed by atoms with Crippen LogP contribution in [0.3, 0.4) is 0 Å². The van der Waals surface area contributed by atoms with Gasteiger partial charge in [-0.05, 0) is 44.3 Å². The Balaban J connectivity index is 2.67. The van der Waals surface area contributed by atoms with Crippen molar-refractivity contribution in [2.45, 2.75) is 39.1 Å². The van der Waals surface area contributed by atoms with Gasteiger partial charge in [-0.1, -0.05) is 26.7 Å². The third-order valence-corrected chi connectivity index (χ3v) is 4.07. The smallest absolute Gasteiger partial charge is 0.406 e. The van der Waals surface area contributed by atoms with Crippen molar-refractivity contribution >= 4 is 11.6 Å². The molecule has 8 heteroatoms. The largest absolute Gasteiger partial charge is 0.573 e. The lowest BCUT2D eigenvalue weighted by Gasteiger charge is -2.30. The first-order valence-electron chi connectivity index (χ1n) is 8.25. The average Bonchev–Trinajstić information content (AvgIpc) is 2.51. The Morgan fingerprint density at radius 2 is 1.76 bits per heavy atom. The summed E-state index contributed by atoms with van der Waals surface area (Å²) in [5.74, 6) is 0.461. The van der Waals surface area contributed by atoms with Gasteiger partial charge in [-0.15, -0.1) is 13.2 Å². The molecule has 0 aliphatic rings. The van der Waals surface area contributed by atoms with Gasteiger partial charge in [0, 0.05) is 11.7 Å². The summed E-state index contributed by atoms with van der Waals surface area (Å²) in [5.41, 5.74) is 6.43. The van der Waals surface area contributed by atoms with E-state index in [9.17, 15) is 13.2 Å². The van der Waals surface area contributed by atoms with E-state index in [1.165, 1.54) is 24.3 Å². The number of anilines is 1. The summed E-state index contributed by atoms with van der Waals surface area (Å²) >= 11 is 0. The van der Waals surface area contributed by atoms with Crippen molar-refractivity contribution in [2.24, 2.45) is 16.6 Å². The lowest BCUT2D eigenvalue weighted by atomic mass is 9.93. The Hall–Kier alpha value is -1.96. The van der Waals surface area contributed by atoms with Gasteiger partial charge in [-0.25, -0.2) is 0 Å². The molecule has 0 saturated carbocycles. The molecule has 0 amide bonds. The highest BCUT2D eigenvalue weighted by Crippen LogP contribution is 2.24. The van der Waals surface area contributed by atoms with Crippen molar-refractivity contribution in [3.05, 3.63) is 24.3 Å². The van der Waals surface area contributed by atoms with Crippen LogP contribution in [-0.4, -0.2) is 43.9 Å². The van der Waals surface area contributed by atoms with Crippen molar-refractivity contribution in [3.8, 4) is 5.75 Å². The number of hydrogen-bond donors (Lipinski definition) is 2. The van der Waals surface area contributed by atoms with Crippen LogP contribution < -0.4 is 15.8 Å². The van der Waals surface area contributed by atoms with E-state index in [4.69, 9.17) is 5.73 Å². The second-order valence-corrected chi connectivity index (χ2v) is 6.03. The van der Waals surface area contributed by atoms with Gasteiger partial charge in [0.05, 0.1) is 6.54 Å². The quantitative estimate of drug-likeness (QED) is 0.548. The van der Waals surface area contributed by atoms with Crippen LogP contribution >= 0.6 is 0 Å². The number of nitrogens with one attached hydrogen (secondary N) is 1. The van der Waals surface area contributed by atoms with Crippen LogP contribution in [0.25, 0.3) is 0 Å². The molecule has 142 valence electrons. The van der Waals surface area contributed by atoms with Gasteiger partial charge in [-0.2, -0.15) is 0 Å². The van der Waals surface area contributed by atoms with E-state index < -0.39 is 6.36 Å². The molecule has 1 atom stereocenters. The maximum absolute atomic E-state index is 12.1. The number of nitrogens with zero attached hydrogens (tertiary/aromatic N) is 2. The van der Waals surface area contributed by atoms with Crippen LogP contribution in [0.1, 0.15) is 26.7 Å². The molecule has 0 fully saturated rings. The Labute approximate surface area is 147 Å². The van der Waals surface area contributed by atoms with E-state index in [1.54, 1.807) is 0 Å². The van der Waals surface area contributed by atoms with Crippen molar-refractivity contribution in [1.82, 2.24) is 4.90 Å². The predicted molar refractivity (Wildman–Crippen MR) is 94.8 cm³/mol. The molecule has 0 aliphatic heterocycles. The fraction of sp³-hybridized carbons (Fsp3) is 0.588. The Kier molecular flexibility index (Phi) is 8.02. The first-order valence-corrected chi connectivity index (χ1v) is 8.25. The minimum absolute atomic E-state index is 0.224. The van der Waals surface area contributed by atoms with Gasteiger partial charge in [0.15, 0.2) is 5.96 Å². The minimum atomic E-state index is -4.70. The molecular weight excluding hydrogens is 333 g/mol. The predicted octanol–water partition coefficient (Wildman–Crippen LogP) is 3.68. The van der Waals surface area contributed by atoms with Crippen LogP contribution in [0.2, 0.25) is 0 Å². The Bertz CT molecular complexity index is 540. The number of benzene rings is 1. The maximum Gasteiger partial charge on any atom is 0.573 e. The molecule has 0 aliphatic carbocycles. The number of alkyl halides is 3. The van der Waals surface area contributed by atoms with Crippen LogP contribution in [0.5, 0.6) is 5.75 Å². The van der Waals surface area contributed by atoms with Crippen LogP contribution in [-0.2, 0) is 0 Å². The molecule has 1 aromatic rings. The Morgan fingerprint density at radius 3 is 2.20 bits per heavy atom. The van der Waals surface area contributed by atoms with Gasteiger partial charge in [-0.3, -0.25) is 4.99 Å². The zero-order chi connectivity index (χ0) is 19.0. The zero-order valence-electron chi connectivity index (χ0n) is 15.1. The molecule has 1 aromatic carbocycles. The topological polar surface area (TPSA) is 62.9 Å². The minimum Gasteiger partial charge on any atom is -0.406 e. The van der Waals surface area contributed by atoms with Crippen molar-refractivity contribution in [3.63, 3.8) is 0 Å². The van der Waals surface area contributed by atoms with E-state index >= 15 is 0 Å². The number of halogens is 3.